The predicted octanol–water partition coefficient (Wildman–Crippen LogP) is 2.43. The molecular weight excluding hydrogens is 294 g/mol. The molecule has 0 spiro atoms. The quantitative estimate of drug-likeness (QED) is 0.866. The van der Waals surface area contributed by atoms with E-state index in [1.807, 2.05) is 13.8 Å². The molecule has 0 bridgehead atoms. The summed E-state index contributed by atoms with van der Waals surface area (Å²) in [6.45, 7) is 11.3. The molecule has 0 amide bonds. The second-order valence-electron chi connectivity index (χ2n) is 5.76. The Morgan fingerprint density at radius 1 is 1.09 bits per heavy atom. The molecule has 3 heterocycles. The molecule has 22 heavy (non-hydrogen) atoms. The van der Waals surface area contributed by atoms with Crippen LogP contribution in [0.25, 0.3) is 0 Å². The normalized spacial score (nSPS) is 16.2. The fraction of sp³-hybridized carbons (Fsp3) is 0.562. The molecule has 0 N–H and O–H groups in total. The third-order valence-corrected chi connectivity index (χ3v) is 4.98. The summed E-state index contributed by atoms with van der Waals surface area (Å²) in [4.78, 5) is 18.4. The Morgan fingerprint density at radius 2 is 1.86 bits per heavy atom. The van der Waals surface area contributed by atoms with Crippen molar-refractivity contribution in [3.05, 3.63) is 33.7 Å². The van der Waals surface area contributed by atoms with Crippen LogP contribution >= 0.6 is 11.3 Å². The van der Waals surface area contributed by atoms with Crippen LogP contribution in [0, 0.1) is 13.8 Å². The fourth-order valence-corrected chi connectivity index (χ4v) is 3.54. The number of nitrogens with zero attached hydrogens (tertiary/aromatic N) is 5. The molecule has 1 aliphatic rings. The Morgan fingerprint density at radius 3 is 2.50 bits per heavy atom. The fourth-order valence-electron chi connectivity index (χ4n) is 2.81. The van der Waals surface area contributed by atoms with Crippen LogP contribution in [0.5, 0.6) is 0 Å². The van der Waals surface area contributed by atoms with Crippen molar-refractivity contribution in [2.24, 2.45) is 0 Å². The van der Waals surface area contributed by atoms with Crippen molar-refractivity contribution in [3.8, 4) is 0 Å². The van der Waals surface area contributed by atoms with Gasteiger partial charge in [-0.25, -0.2) is 15.0 Å². The second kappa shape index (κ2) is 6.71. The first kappa shape index (κ1) is 15.4. The Bertz CT molecular complexity index is 611. The van der Waals surface area contributed by atoms with E-state index in [1.165, 1.54) is 10.7 Å². The lowest BCUT2D eigenvalue weighted by Gasteiger charge is -2.35. The SMILES string of the molecule is CCc1nc(CN2CCN(c3cc(C)nc(C)n3)CC2)cs1. The van der Waals surface area contributed by atoms with E-state index in [1.54, 1.807) is 11.3 Å². The van der Waals surface area contributed by atoms with Gasteiger partial charge in [-0.2, -0.15) is 0 Å². The highest BCUT2D eigenvalue weighted by Crippen LogP contribution is 2.17. The molecule has 3 rings (SSSR count). The second-order valence-corrected chi connectivity index (χ2v) is 6.71. The standard InChI is InChI=1S/C16H23N5S/c1-4-16-19-14(11-22-16)10-20-5-7-21(8-6-20)15-9-12(2)17-13(3)18-15/h9,11H,4-8,10H2,1-3H3. The monoisotopic (exact) mass is 317 g/mol. The molecule has 1 aliphatic heterocycles. The minimum Gasteiger partial charge on any atom is -0.354 e. The van der Waals surface area contributed by atoms with Gasteiger partial charge in [-0.1, -0.05) is 6.92 Å². The first-order chi connectivity index (χ1) is 10.6. The molecule has 2 aromatic rings. The maximum atomic E-state index is 4.67. The number of thiazole rings is 1. The number of hydrogen-bond acceptors (Lipinski definition) is 6. The predicted molar refractivity (Wildman–Crippen MR) is 90.5 cm³/mol. The summed E-state index contributed by atoms with van der Waals surface area (Å²) in [6, 6.07) is 2.08. The molecule has 5 nitrogen and oxygen atoms in total. The maximum absolute atomic E-state index is 4.67. The molecule has 0 saturated carbocycles. The van der Waals surface area contributed by atoms with Gasteiger partial charge in [-0.3, -0.25) is 4.90 Å². The van der Waals surface area contributed by atoms with Crippen molar-refractivity contribution in [3.63, 3.8) is 0 Å². The van der Waals surface area contributed by atoms with Gasteiger partial charge in [0.15, 0.2) is 0 Å². The van der Waals surface area contributed by atoms with Gasteiger partial charge in [0.25, 0.3) is 0 Å². The topological polar surface area (TPSA) is 45.2 Å². The molecule has 0 unspecified atom stereocenters. The molecule has 0 atom stereocenters. The minimum atomic E-state index is 0.854. The van der Waals surface area contributed by atoms with Crippen molar-refractivity contribution in [1.29, 1.82) is 0 Å². The first-order valence-corrected chi connectivity index (χ1v) is 8.75. The molecule has 118 valence electrons. The van der Waals surface area contributed by atoms with Crippen LogP contribution in [0.2, 0.25) is 0 Å². The third kappa shape index (κ3) is 3.62. The highest BCUT2D eigenvalue weighted by Gasteiger charge is 2.19. The van der Waals surface area contributed by atoms with Gasteiger partial charge in [0.1, 0.15) is 11.6 Å². The molecule has 0 aromatic carbocycles. The van der Waals surface area contributed by atoms with Crippen LogP contribution in [0.4, 0.5) is 5.82 Å². The van der Waals surface area contributed by atoms with E-state index in [9.17, 15) is 0 Å². The summed E-state index contributed by atoms with van der Waals surface area (Å²) < 4.78 is 0. The molecule has 0 aliphatic carbocycles. The van der Waals surface area contributed by atoms with Gasteiger partial charge < -0.3 is 4.90 Å². The number of piperazine rings is 1. The Labute approximate surface area is 136 Å². The molecular formula is C16H23N5S. The summed E-state index contributed by atoms with van der Waals surface area (Å²) in [5.41, 5.74) is 2.25. The van der Waals surface area contributed by atoms with Crippen LogP contribution in [-0.2, 0) is 13.0 Å². The van der Waals surface area contributed by atoms with E-state index in [0.29, 0.717) is 0 Å². The van der Waals surface area contributed by atoms with E-state index in [-0.39, 0.29) is 0 Å². The average molecular weight is 317 g/mol. The van der Waals surface area contributed by atoms with Crippen molar-refractivity contribution in [1.82, 2.24) is 19.9 Å². The zero-order chi connectivity index (χ0) is 15.5. The Kier molecular flexibility index (Phi) is 4.69. The van der Waals surface area contributed by atoms with Crippen molar-refractivity contribution >= 4 is 17.2 Å². The van der Waals surface area contributed by atoms with Gasteiger partial charge in [0.2, 0.25) is 0 Å². The van der Waals surface area contributed by atoms with Crippen LogP contribution in [-0.4, -0.2) is 46.0 Å². The minimum absolute atomic E-state index is 0.854. The van der Waals surface area contributed by atoms with Gasteiger partial charge in [0, 0.05) is 49.9 Å². The summed E-state index contributed by atoms with van der Waals surface area (Å²) in [6.07, 6.45) is 1.03. The van der Waals surface area contributed by atoms with Crippen LogP contribution in [0.3, 0.4) is 0 Å². The van der Waals surface area contributed by atoms with Crippen molar-refractivity contribution in [2.75, 3.05) is 31.1 Å². The zero-order valence-corrected chi connectivity index (χ0v) is 14.4. The van der Waals surface area contributed by atoms with E-state index < -0.39 is 0 Å². The zero-order valence-electron chi connectivity index (χ0n) is 13.5. The van der Waals surface area contributed by atoms with E-state index in [2.05, 4.69) is 43.1 Å². The number of aromatic nitrogens is 3. The molecule has 0 radical (unpaired) electrons. The Hall–Kier alpha value is -1.53. The largest absolute Gasteiger partial charge is 0.354 e. The number of anilines is 1. The molecule has 1 saturated heterocycles. The summed E-state index contributed by atoms with van der Waals surface area (Å²) in [5, 5.41) is 3.43. The van der Waals surface area contributed by atoms with Crippen LogP contribution in [0.1, 0.15) is 29.1 Å². The molecule has 1 fully saturated rings. The average Bonchev–Trinajstić information content (AvgIpc) is 2.95. The highest BCUT2D eigenvalue weighted by molar-refractivity contribution is 7.09. The van der Waals surface area contributed by atoms with E-state index in [0.717, 1.165) is 56.5 Å². The lowest BCUT2D eigenvalue weighted by molar-refractivity contribution is 0.247. The van der Waals surface area contributed by atoms with Crippen LogP contribution < -0.4 is 4.90 Å². The molecule has 6 heteroatoms. The smallest absolute Gasteiger partial charge is 0.132 e. The van der Waals surface area contributed by atoms with Gasteiger partial charge in [-0.15, -0.1) is 11.3 Å². The number of aryl methyl sites for hydroxylation is 3. The van der Waals surface area contributed by atoms with E-state index in [4.69, 9.17) is 0 Å². The van der Waals surface area contributed by atoms with Crippen molar-refractivity contribution < 1.29 is 0 Å². The van der Waals surface area contributed by atoms with Crippen molar-refractivity contribution in [2.45, 2.75) is 33.7 Å². The molecule has 2 aromatic heterocycles. The summed E-state index contributed by atoms with van der Waals surface area (Å²) in [5.74, 6) is 1.92. The van der Waals surface area contributed by atoms with Gasteiger partial charge >= 0.3 is 0 Å². The lowest BCUT2D eigenvalue weighted by Crippen LogP contribution is -2.46. The summed E-state index contributed by atoms with van der Waals surface area (Å²) >= 11 is 1.77. The number of rotatable bonds is 4. The van der Waals surface area contributed by atoms with Gasteiger partial charge in [-0.05, 0) is 20.3 Å². The highest BCUT2D eigenvalue weighted by atomic mass is 32.1. The number of hydrogen-bond donors (Lipinski definition) is 0. The van der Waals surface area contributed by atoms with E-state index >= 15 is 0 Å². The first-order valence-electron chi connectivity index (χ1n) is 7.87. The van der Waals surface area contributed by atoms with Crippen LogP contribution in [0.15, 0.2) is 11.4 Å². The maximum Gasteiger partial charge on any atom is 0.132 e. The summed E-state index contributed by atoms with van der Waals surface area (Å²) in [7, 11) is 0. The Balaban J connectivity index is 1.57. The third-order valence-electron chi connectivity index (χ3n) is 3.94. The lowest BCUT2D eigenvalue weighted by atomic mass is 10.3. The van der Waals surface area contributed by atoms with Gasteiger partial charge in [0.05, 0.1) is 10.7 Å².